The minimum atomic E-state index is -0.560. The Hall–Kier alpha value is -1.93. The zero-order valence-corrected chi connectivity index (χ0v) is 15.4. The second kappa shape index (κ2) is 8.25. The number of quaternary nitrogens is 1. The molecule has 128 valence electrons. The molecule has 0 aliphatic carbocycles. The molecule has 0 amide bonds. The van der Waals surface area contributed by atoms with Crippen LogP contribution in [0.5, 0.6) is 0 Å². The molecule has 0 aliphatic rings. The van der Waals surface area contributed by atoms with Gasteiger partial charge >= 0.3 is 0 Å². The summed E-state index contributed by atoms with van der Waals surface area (Å²) in [4.78, 5) is 14.7. The maximum absolute atomic E-state index is 13.3. The van der Waals surface area contributed by atoms with Gasteiger partial charge in [-0.1, -0.05) is 74.5 Å². The number of benzene rings is 2. The Balaban J connectivity index is 2.67. The summed E-state index contributed by atoms with van der Waals surface area (Å²) in [6, 6.07) is 21.1. The molecule has 2 nitrogen and oxygen atoms in total. The van der Waals surface area contributed by atoms with Crippen LogP contribution in [-0.2, 0) is 10.2 Å². The Labute approximate surface area is 146 Å². The van der Waals surface area contributed by atoms with Gasteiger partial charge < -0.3 is 4.90 Å². The van der Waals surface area contributed by atoms with Gasteiger partial charge in [0.2, 0.25) is 0 Å². The van der Waals surface area contributed by atoms with E-state index in [0.717, 1.165) is 24.0 Å². The smallest absolute Gasteiger partial charge is 0.147 e. The molecule has 2 heteroatoms. The first-order chi connectivity index (χ1) is 11.6. The predicted molar refractivity (Wildman–Crippen MR) is 100 cm³/mol. The first kappa shape index (κ1) is 18.4. The first-order valence-corrected chi connectivity index (χ1v) is 9.00. The second-order valence-corrected chi connectivity index (χ2v) is 6.80. The van der Waals surface area contributed by atoms with E-state index < -0.39 is 5.41 Å². The fraction of sp³-hybridized carbons (Fsp3) is 0.409. The lowest BCUT2D eigenvalue weighted by atomic mass is 9.66. The zero-order chi connectivity index (χ0) is 17.6. The third kappa shape index (κ3) is 3.59. The minimum Gasteiger partial charge on any atom is -0.337 e. The summed E-state index contributed by atoms with van der Waals surface area (Å²) in [7, 11) is 4.37. The molecule has 0 unspecified atom stereocenters. The van der Waals surface area contributed by atoms with Crippen molar-refractivity contribution in [2.75, 3.05) is 14.1 Å². The fourth-order valence-corrected chi connectivity index (χ4v) is 3.71. The lowest BCUT2D eigenvalue weighted by molar-refractivity contribution is -0.886. The van der Waals surface area contributed by atoms with Crippen molar-refractivity contribution in [3.8, 4) is 0 Å². The molecule has 1 N–H and O–H groups in total. The maximum atomic E-state index is 13.3. The van der Waals surface area contributed by atoms with Gasteiger partial charge in [0.25, 0.3) is 0 Å². The maximum Gasteiger partial charge on any atom is 0.147 e. The summed E-state index contributed by atoms with van der Waals surface area (Å²) in [5.41, 5.74) is 1.67. The summed E-state index contributed by atoms with van der Waals surface area (Å²) in [5, 5.41) is 0. The van der Waals surface area contributed by atoms with Crippen molar-refractivity contribution in [2.45, 2.75) is 44.6 Å². The Bertz CT molecular complexity index is 594. The second-order valence-electron chi connectivity index (χ2n) is 6.80. The number of hydrogen-bond donors (Lipinski definition) is 1. The van der Waals surface area contributed by atoms with E-state index in [-0.39, 0.29) is 0 Å². The highest BCUT2D eigenvalue weighted by Crippen LogP contribution is 2.38. The van der Waals surface area contributed by atoms with Gasteiger partial charge in [-0.25, -0.2) is 0 Å². The molecule has 0 radical (unpaired) electrons. The van der Waals surface area contributed by atoms with Crippen LogP contribution in [0.3, 0.4) is 0 Å². The first-order valence-electron chi connectivity index (χ1n) is 9.00. The van der Waals surface area contributed by atoms with E-state index in [4.69, 9.17) is 0 Å². The van der Waals surface area contributed by atoms with Gasteiger partial charge in [0.1, 0.15) is 5.78 Å². The van der Waals surface area contributed by atoms with Crippen LogP contribution in [0.2, 0.25) is 0 Å². The molecule has 2 aromatic rings. The van der Waals surface area contributed by atoms with Crippen LogP contribution in [0, 0.1) is 0 Å². The lowest BCUT2D eigenvalue weighted by Gasteiger charge is -2.37. The number of carbonyl (C=O) groups is 1. The van der Waals surface area contributed by atoms with E-state index in [1.807, 2.05) is 43.3 Å². The van der Waals surface area contributed by atoms with Crippen molar-refractivity contribution in [3.05, 3.63) is 71.8 Å². The van der Waals surface area contributed by atoms with Crippen molar-refractivity contribution in [1.29, 1.82) is 0 Å². The number of hydrogen-bond acceptors (Lipinski definition) is 1. The van der Waals surface area contributed by atoms with Crippen molar-refractivity contribution in [3.63, 3.8) is 0 Å². The van der Waals surface area contributed by atoms with Crippen LogP contribution in [0.1, 0.15) is 44.2 Å². The number of Topliss-reactive ketones (excluding diaryl/α,β-unsaturated/α-hetero) is 1. The molecule has 24 heavy (non-hydrogen) atoms. The number of ketones is 1. The molecular formula is C22H30NO+. The Morgan fingerprint density at radius 1 is 0.917 bits per heavy atom. The summed E-state index contributed by atoms with van der Waals surface area (Å²) in [6.45, 7) is 4.20. The molecule has 0 saturated heterocycles. The molecular weight excluding hydrogens is 294 g/mol. The third-order valence-electron chi connectivity index (χ3n) is 5.19. The van der Waals surface area contributed by atoms with Crippen LogP contribution in [0.4, 0.5) is 0 Å². The molecule has 0 bridgehead atoms. The average molecular weight is 324 g/mol. The van der Waals surface area contributed by atoms with Gasteiger partial charge in [-0.05, 0) is 17.5 Å². The largest absolute Gasteiger partial charge is 0.337 e. The molecule has 0 aliphatic heterocycles. The van der Waals surface area contributed by atoms with Gasteiger partial charge in [-0.2, -0.15) is 0 Å². The quantitative estimate of drug-likeness (QED) is 0.791. The minimum absolute atomic E-state index is 0.305. The molecule has 0 saturated carbocycles. The van der Waals surface area contributed by atoms with E-state index in [9.17, 15) is 4.79 Å². The summed E-state index contributed by atoms with van der Waals surface area (Å²) >= 11 is 0. The van der Waals surface area contributed by atoms with Crippen molar-refractivity contribution in [2.24, 2.45) is 0 Å². The number of nitrogens with one attached hydrogen (secondary N) is 1. The van der Waals surface area contributed by atoms with Crippen molar-refractivity contribution >= 4 is 5.78 Å². The fourth-order valence-electron chi connectivity index (χ4n) is 3.71. The zero-order valence-electron chi connectivity index (χ0n) is 15.4. The number of rotatable bonds is 8. The summed E-state index contributed by atoms with van der Waals surface area (Å²) in [5.74, 6) is 0.305. The Kier molecular flexibility index (Phi) is 6.33. The molecule has 0 aromatic heterocycles. The van der Waals surface area contributed by atoms with E-state index in [1.54, 1.807) is 0 Å². The average Bonchev–Trinajstić information content (AvgIpc) is 2.63. The third-order valence-corrected chi connectivity index (χ3v) is 5.19. The standard InChI is InChI=1S/C22H29NO/c1-5-20(23(3)4)17-22(21(24)6-2,18-13-9-7-10-14-18)19-15-11-8-12-16-19/h7-16,20H,5-6,17H2,1-4H3/p+1/t20-/m0/s1. The topological polar surface area (TPSA) is 21.5 Å². The van der Waals surface area contributed by atoms with E-state index in [0.29, 0.717) is 18.2 Å². The van der Waals surface area contributed by atoms with Gasteiger partial charge in [0, 0.05) is 12.8 Å². The molecule has 2 aromatic carbocycles. The molecule has 2 rings (SSSR count). The van der Waals surface area contributed by atoms with Crippen LogP contribution in [0.25, 0.3) is 0 Å². The highest BCUT2D eigenvalue weighted by molar-refractivity contribution is 5.93. The van der Waals surface area contributed by atoms with Gasteiger partial charge in [-0.3, -0.25) is 4.79 Å². The Morgan fingerprint density at radius 2 is 1.38 bits per heavy atom. The highest BCUT2D eigenvalue weighted by atomic mass is 16.1. The van der Waals surface area contributed by atoms with Crippen LogP contribution < -0.4 is 4.90 Å². The van der Waals surface area contributed by atoms with Crippen LogP contribution in [0.15, 0.2) is 60.7 Å². The SMILES string of the molecule is CCC(=O)C(C[C@H](CC)[NH+](C)C)(c1ccccc1)c1ccccc1. The van der Waals surface area contributed by atoms with E-state index in [2.05, 4.69) is 45.3 Å². The van der Waals surface area contributed by atoms with E-state index >= 15 is 0 Å². The lowest BCUT2D eigenvalue weighted by Crippen LogP contribution is -3.10. The molecule has 0 heterocycles. The van der Waals surface area contributed by atoms with Crippen molar-refractivity contribution < 1.29 is 9.69 Å². The normalized spacial score (nSPS) is 13.0. The van der Waals surface area contributed by atoms with Gasteiger partial charge in [0.15, 0.2) is 0 Å². The molecule has 0 spiro atoms. The summed E-state index contributed by atoms with van der Waals surface area (Å²) in [6.07, 6.45) is 2.44. The van der Waals surface area contributed by atoms with Crippen molar-refractivity contribution in [1.82, 2.24) is 0 Å². The monoisotopic (exact) mass is 324 g/mol. The Morgan fingerprint density at radius 3 is 1.71 bits per heavy atom. The molecule has 1 atom stereocenters. The van der Waals surface area contributed by atoms with Gasteiger partial charge in [-0.15, -0.1) is 0 Å². The van der Waals surface area contributed by atoms with Crippen LogP contribution >= 0.6 is 0 Å². The summed E-state index contributed by atoms with van der Waals surface area (Å²) < 4.78 is 0. The highest BCUT2D eigenvalue weighted by Gasteiger charge is 2.43. The number of carbonyl (C=O) groups excluding carboxylic acids is 1. The van der Waals surface area contributed by atoms with Crippen LogP contribution in [-0.4, -0.2) is 25.9 Å². The van der Waals surface area contributed by atoms with E-state index in [1.165, 1.54) is 4.90 Å². The predicted octanol–water partition coefficient (Wildman–Crippen LogP) is 3.27. The van der Waals surface area contributed by atoms with Gasteiger partial charge in [0.05, 0.1) is 25.6 Å². The molecule has 0 fully saturated rings.